The topological polar surface area (TPSA) is 70.5 Å². The van der Waals surface area contributed by atoms with Crippen LogP contribution in [0.4, 0.5) is 11.4 Å². The zero-order valence-electron chi connectivity index (χ0n) is 12.6. The van der Waals surface area contributed by atoms with Crippen LogP contribution in [0.25, 0.3) is 0 Å². The first-order chi connectivity index (χ1) is 10.7. The average molecular weight is 298 g/mol. The van der Waals surface area contributed by atoms with E-state index in [0.29, 0.717) is 0 Å². The van der Waals surface area contributed by atoms with Crippen LogP contribution >= 0.6 is 0 Å². The number of hydrogen-bond donors (Lipinski definition) is 2. The van der Waals surface area contributed by atoms with Gasteiger partial charge >= 0.3 is 0 Å². The molecule has 2 atom stereocenters. The lowest BCUT2D eigenvalue weighted by Gasteiger charge is -2.30. The Labute approximate surface area is 131 Å². The molecule has 0 aromatic heterocycles. The molecule has 0 amide bonds. The van der Waals surface area contributed by atoms with Crippen molar-refractivity contribution in [2.24, 2.45) is 0 Å². The third-order valence-corrected chi connectivity index (χ3v) is 3.94. The summed E-state index contributed by atoms with van der Waals surface area (Å²) in [5, 5.41) is 0. The number of rotatable bonds is 4. The van der Waals surface area contributed by atoms with Gasteiger partial charge in [-0.1, -0.05) is 0 Å². The first kappa shape index (κ1) is 14.6. The van der Waals surface area contributed by atoms with Crippen molar-refractivity contribution in [1.29, 1.82) is 0 Å². The maximum Gasteiger partial charge on any atom is 0.119 e. The highest BCUT2D eigenvalue weighted by Gasteiger charge is 2.24. The molecule has 0 heterocycles. The lowest BCUT2D eigenvalue weighted by molar-refractivity contribution is 0.0681. The Balaban J connectivity index is 1.56. The van der Waals surface area contributed by atoms with E-state index in [-0.39, 0.29) is 12.2 Å². The molecule has 4 N–H and O–H groups in total. The van der Waals surface area contributed by atoms with Crippen molar-refractivity contribution in [1.82, 2.24) is 0 Å². The molecule has 0 saturated heterocycles. The van der Waals surface area contributed by atoms with Crippen LogP contribution in [0.15, 0.2) is 48.5 Å². The predicted molar refractivity (Wildman–Crippen MR) is 89.0 cm³/mol. The summed E-state index contributed by atoms with van der Waals surface area (Å²) in [4.78, 5) is 0. The number of nitrogen functional groups attached to an aromatic ring is 2. The first-order valence-electron chi connectivity index (χ1n) is 7.73. The number of nitrogens with two attached hydrogens (primary N) is 2. The highest BCUT2D eigenvalue weighted by Crippen LogP contribution is 2.27. The molecule has 116 valence electrons. The molecule has 0 spiro atoms. The minimum Gasteiger partial charge on any atom is -0.490 e. The van der Waals surface area contributed by atoms with E-state index in [1.807, 2.05) is 48.5 Å². The Bertz CT molecular complexity index is 542. The van der Waals surface area contributed by atoms with Crippen molar-refractivity contribution >= 4 is 11.4 Å². The molecule has 1 saturated carbocycles. The fraction of sp³-hybridized carbons (Fsp3) is 0.333. The van der Waals surface area contributed by atoms with Gasteiger partial charge < -0.3 is 20.9 Å². The van der Waals surface area contributed by atoms with E-state index >= 15 is 0 Å². The smallest absolute Gasteiger partial charge is 0.119 e. The van der Waals surface area contributed by atoms with Crippen LogP contribution in [0.3, 0.4) is 0 Å². The Morgan fingerprint density at radius 1 is 0.682 bits per heavy atom. The standard InChI is InChI=1S/C18H22N2O2/c19-13-4-8-15(9-5-13)21-17-2-1-3-18(12-17)22-16-10-6-14(20)7-11-16/h4-11,17-18H,1-3,12,19-20H2. The van der Waals surface area contributed by atoms with Gasteiger partial charge in [0.05, 0.1) is 0 Å². The molecule has 0 bridgehead atoms. The SMILES string of the molecule is Nc1ccc(OC2CCCC(Oc3ccc(N)cc3)C2)cc1. The zero-order valence-corrected chi connectivity index (χ0v) is 12.6. The lowest BCUT2D eigenvalue weighted by Crippen LogP contribution is -2.31. The summed E-state index contributed by atoms with van der Waals surface area (Å²) >= 11 is 0. The van der Waals surface area contributed by atoms with E-state index in [2.05, 4.69) is 0 Å². The first-order valence-corrected chi connectivity index (χ1v) is 7.73. The van der Waals surface area contributed by atoms with Gasteiger partial charge in [0, 0.05) is 17.8 Å². The Hall–Kier alpha value is -2.36. The third-order valence-electron chi connectivity index (χ3n) is 3.94. The summed E-state index contributed by atoms with van der Waals surface area (Å²) in [6.45, 7) is 0. The maximum absolute atomic E-state index is 6.04. The number of anilines is 2. The van der Waals surface area contributed by atoms with Gasteiger partial charge in [-0.05, 0) is 67.8 Å². The monoisotopic (exact) mass is 298 g/mol. The second kappa shape index (κ2) is 6.60. The lowest BCUT2D eigenvalue weighted by atomic mass is 9.94. The van der Waals surface area contributed by atoms with Crippen molar-refractivity contribution in [3.8, 4) is 11.5 Å². The molecular weight excluding hydrogens is 276 g/mol. The van der Waals surface area contributed by atoms with Crippen LogP contribution in [0.5, 0.6) is 11.5 Å². The summed E-state index contributed by atoms with van der Waals surface area (Å²) in [5.41, 5.74) is 12.9. The van der Waals surface area contributed by atoms with Gasteiger partial charge in [0.25, 0.3) is 0 Å². The summed E-state index contributed by atoms with van der Waals surface area (Å²) in [6.07, 6.45) is 4.51. The van der Waals surface area contributed by atoms with Crippen LogP contribution in [0.1, 0.15) is 25.7 Å². The molecule has 2 unspecified atom stereocenters. The maximum atomic E-state index is 6.04. The van der Waals surface area contributed by atoms with Crippen molar-refractivity contribution < 1.29 is 9.47 Å². The molecule has 1 fully saturated rings. The van der Waals surface area contributed by atoms with Gasteiger partial charge in [-0.25, -0.2) is 0 Å². The Morgan fingerprint density at radius 2 is 1.09 bits per heavy atom. The van der Waals surface area contributed by atoms with Gasteiger partial charge in [0.1, 0.15) is 23.7 Å². The molecule has 1 aliphatic carbocycles. The number of benzene rings is 2. The number of ether oxygens (including phenoxy) is 2. The van der Waals surface area contributed by atoms with Crippen LogP contribution in [0.2, 0.25) is 0 Å². The van der Waals surface area contributed by atoms with Crippen LogP contribution in [-0.2, 0) is 0 Å². The average Bonchev–Trinajstić information content (AvgIpc) is 2.52. The van der Waals surface area contributed by atoms with Crippen molar-refractivity contribution in [3.05, 3.63) is 48.5 Å². The number of hydrogen-bond acceptors (Lipinski definition) is 4. The zero-order chi connectivity index (χ0) is 15.4. The van der Waals surface area contributed by atoms with E-state index in [9.17, 15) is 0 Å². The van der Waals surface area contributed by atoms with E-state index in [1.165, 1.54) is 0 Å². The molecule has 4 nitrogen and oxygen atoms in total. The van der Waals surface area contributed by atoms with Gasteiger partial charge in [0.2, 0.25) is 0 Å². The molecule has 0 aliphatic heterocycles. The molecule has 3 rings (SSSR count). The molecule has 0 radical (unpaired) electrons. The molecule has 2 aromatic rings. The van der Waals surface area contributed by atoms with Crippen LogP contribution in [0, 0.1) is 0 Å². The predicted octanol–water partition coefficient (Wildman–Crippen LogP) is 3.62. The van der Waals surface area contributed by atoms with Crippen molar-refractivity contribution in [2.45, 2.75) is 37.9 Å². The van der Waals surface area contributed by atoms with E-state index in [4.69, 9.17) is 20.9 Å². The second-order valence-electron chi connectivity index (χ2n) is 5.78. The van der Waals surface area contributed by atoms with E-state index < -0.39 is 0 Å². The molecule has 4 heteroatoms. The molecule has 1 aliphatic rings. The second-order valence-corrected chi connectivity index (χ2v) is 5.78. The largest absolute Gasteiger partial charge is 0.490 e. The van der Waals surface area contributed by atoms with Gasteiger partial charge in [0.15, 0.2) is 0 Å². The normalized spacial score (nSPS) is 21.3. The molecular formula is C18H22N2O2. The summed E-state index contributed by atoms with van der Waals surface area (Å²) < 4.78 is 12.1. The Kier molecular flexibility index (Phi) is 4.37. The Morgan fingerprint density at radius 3 is 1.50 bits per heavy atom. The summed E-state index contributed by atoms with van der Waals surface area (Å²) in [6, 6.07) is 15.1. The van der Waals surface area contributed by atoms with Gasteiger partial charge in [-0.2, -0.15) is 0 Å². The molecule has 2 aromatic carbocycles. The van der Waals surface area contributed by atoms with E-state index in [0.717, 1.165) is 48.6 Å². The minimum absolute atomic E-state index is 0.191. The molecule has 22 heavy (non-hydrogen) atoms. The highest BCUT2D eigenvalue weighted by molar-refractivity contribution is 5.42. The third kappa shape index (κ3) is 3.85. The highest BCUT2D eigenvalue weighted by atomic mass is 16.5. The quantitative estimate of drug-likeness (QED) is 0.846. The van der Waals surface area contributed by atoms with Crippen LogP contribution in [-0.4, -0.2) is 12.2 Å². The van der Waals surface area contributed by atoms with Crippen LogP contribution < -0.4 is 20.9 Å². The van der Waals surface area contributed by atoms with Gasteiger partial charge in [-0.3, -0.25) is 0 Å². The van der Waals surface area contributed by atoms with Crippen molar-refractivity contribution in [3.63, 3.8) is 0 Å². The van der Waals surface area contributed by atoms with Gasteiger partial charge in [-0.15, -0.1) is 0 Å². The summed E-state index contributed by atoms with van der Waals surface area (Å²) in [7, 11) is 0. The fourth-order valence-electron chi connectivity index (χ4n) is 2.79. The minimum atomic E-state index is 0.191. The van der Waals surface area contributed by atoms with E-state index in [1.54, 1.807) is 0 Å². The summed E-state index contributed by atoms with van der Waals surface area (Å²) in [5.74, 6) is 1.74. The fourth-order valence-corrected chi connectivity index (χ4v) is 2.79. The van der Waals surface area contributed by atoms with Crippen molar-refractivity contribution in [2.75, 3.05) is 11.5 Å².